The van der Waals surface area contributed by atoms with Crippen LogP contribution in [-0.4, -0.2) is 7.11 Å². The maximum atomic E-state index is 5.59. The first-order valence-electron chi connectivity index (χ1n) is 6.14. The molecule has 16 heavy (non-hydrogen) atoms. The molecule has 0 saturated heterocycles. The third-order valence-electron chi connectivity index (χ3n) is 3.03. The smallest absolute Gasteiger partial charge is 0.125 e. The zero-order valence-electron chi connectivity index (χ0n) is 11.5. The van der Waals surface area contributed by atoms with Crippen molar-refractivity contribution >= 4 is 0 Å². The van der Waals surface area contributed by atoms with Crippen molar-refractivity contribution in [3.63, 3.8) is 0 Å². The Bertz CT molecular complexity index is 358. The predicted molar refractivity (Wildman–Crippen MR) is 70.5 cm³/mol. The van der Waals surface area contributed by atoms with Crippen LogP contribution in [0.1, 0.15) is 51.3 Å². The molecule has 1 aromatic rings. The van der Waals surface area contributed by atoms with Crippen LogP contribution in [0.5, 0.6) is 5.75 Å². The molecule has 0 radical (unpaired) electrons. The van der Waals surface area contributed by atoms with Crippen LogP contribution in [0.3, 0.4) is 0 Å². The molecule has 1 rings (SSSR count). The molecule has 0 unspecified atom stereocenters. The van der Waals surface area contributed by atoms with E-state index in [1.807, 2.05) is 0 Å². The summed E-state index contributed by atoms with van der Waals surface area (Å²) in [4.78, 5) is 0. The van der Waals surface area contributed by atoms with Gasteiger partial charge < -0.3 is 4.74 Å². The number of rotatable bonds is 3. The van der Waals surface area contributed by atoms with Gasteiger partial charge in [-0.3, -0.25) is 0 Å². The van der Waals surface area contributed by atoms with E-state index in [2.05, 4.69) is 46.8 Å². The molecule has 0 amide bonds. The highest BCUT2D eigenvalue weighted by atomic mass is 16.5. The number of methoxy groups -OCH3 is 1. The zero-order chi connectivity index (χ0) is 12.3. The molecule has 0 saturated carbocycles. The summed E-state index contributed by atoms with van der Waals surface area (Å²) in [5.74, 6) is 1.08. The Balaban J connectivity index is 3.43. The first-order valence-corrected chi connectivity index (χ1v) is 6.14. The third-order valence-corrected chi connectivity index (χ3v) is 3.03. The minimum atomic E-state index is 0.139. The van der Waals surface area contributed by atoms with Crippen LogP contribution in [0.15, 0.2) is 12.1 Å². The van der Waals surface area contributed by atoms with E-state index in [0.29, 0.717) is 0 Å². The first-order chi connectivity index (χ1) is 7.43. The summed E-state index contributed by atoms with van der Waals surface area (Å²) in [5.41, 5.74) is 4.20. The molecule has 0 heterocycles. The Morgan fingerprint density at radius 2 is 1.69 bits per heavy atom. The Morgan fingerprint density at radius 3 is 2.06 bits per heavy atom. The van der Waals surface area contributed by atoms with E-state index in [9.17, 15) is 0 Å². The van der Waals surface area contributed by atoms with Crippen molar-refractivity contribution in [2.24, 2.45) is 0 Å². The van der Waals surface area contributed by atoms with Gasteiger partial charge in [-0.1, -0.05) is 46.8 Å². The van der Waals surface area contributed by atoms with Crippen molar-refractivity contribution in [2.75, 3.05) is 7.11 Å². The second-order valence-electron chi connectivity index (χ2n) is 5.29. The lowest BCUT2D eigenvalue weighted by Crippen LogP contribution is -2.14. The van der Waals surface area contributed by atoms with Crippen LogP contribution < -0.4 is 4.74 Å². The maximum Gasteiger partial charge on any atom is 0.125 e. The fraction of sp³-hybridized carbons (Fsp3) is 0.600. The fourth-order valence-corrected chi connectivity index (χ4v) is 2.02. The highest BCUT2D eigenvalue weighted by Crippen LogP contribution is 2.35. The van der Waals surface area contributed by atoms with E-state index in [1.54, 1.807) is 7.11 Å². The molecule has 0 atom stereocenters. The highest BCUT2D eigenvalue weighted by molar-refractivity contribution is 5.48. The molecule has 0 aliphatic carbocycles. The van der Waals surface area contributed by atoms with Crippen molar-refractivity contribution in [1.29, 1.82) is 0 Å². The van der Waals surface area contributed by atoms with Crippen LogP contribution in [0.2, 0.25) is 0 Å². The summed E-state index contributed by atoms with van der Waals surface area (Å²) >= 11 is 0. The van der Waals surface area contributed by atoms with Gasteiger partial charge in [-0.05, 0) is 29.4 Å². The summed E-state index contributed by atoms with van der Waals surface area (Å²) in [6.45, 7) is 11.1. The zero-order valence-corrected chi connectivity index (χ0v) is 11.5. The van der Waals surface area contributed by atoms with Gasteiger partial charge >= 0.3 is 0 Å². The normalized spacial score (nSPS) is 11.6. The molecule has 0 aliphatic heterocycles. The van der Waals surface area contributed by atoms with Crippen LogP contribution in [0.4, 0.5) is 0 Å². The lowest BCUT2D eigenvalue weighted by Gasteiger charge is -2.25. The SMILES string of the molecule is CCc1cc(CC)c(OC)c(C(C)(C)C)c1. The second-order valence-corrected chi connectivity index (χ2v) is 5.29. The minimum absolute atomic E-state index is 0.139. The summed E-state index contributed by atoms with van der Waals surface area (Å²) in [7, 11) is 1.77. The standard InChI is InChI=1S/C15H24O/c1-7-11-9-12(8-2)14(16-6)13(10-11)15(3,4)5/h9-10H,7-8H2,1-6H3. The third kappa shape index (κ3) is 2.58. The average Bonchev–Trinajstić information content (AvgIpc) is 2.25. The van der Waals surface area contributed by atoms with Crippen molar-refractivity contribution in [3.05, 3.63) is 28.8 Å². The van der Waals surface area contributed by atoms with Gasteiger partial charge in [0.1, 0.15) is 5.75 Å². The number of benzene rings is 1. The van der Waals surface area contributed by atoms with Gasteiger partial charge in [0.2, 0.25) is 0 Å². The number of ether oxygens (including phenoxy) is 1. The van der Waals surface area contributed by atoms with E-state index in [0.717, 1.165) is 18.6 Å². The molecule has 0 aromatic heterocycles. The number of hydrogen-bond acceptors (Lipinski definition) is 1. The maximum absolute atomic E-state index is 5.59. The van der Waals surface area contributed by atoms with Crippen LogP contribution in [-0.2, 0) is 18.3 Å². The predicted octanol–water partition coefficient (Wildman–Crippen LogP) is 4.12. The van der Waals surface area contributed by atoms with Crippen LogP contribution >= 0.6 is 0 Å². The highest BCUT2D eigenvalue weighted by Gasteiger charge is 2.21. The molecule has 1 aromatic carbocycles. The molecule has 0 aliphatic rings. The van der Waals surface area contributed by atoms with Crippen LogP contribution in [0, 0.1) is 0 Å². The molecule has 90 valence electrons. The largest absolute Gasteiger partial charge is 0.496 e. The van der Waals surface area contributed by atoms with Crippen molar-refractivity contribution < 1.29 is 4.74 Å². The van der Waals surface area contributed by atoms with E-state index in [4.69, 9.17) is 4.74 Å². The molecule has 1 nitrogen and oxygen atoms in total. The summed E-state index contributed by atoms with van der Waals surface area (Å²) in [6.07, 6.45) is 2.11. The van der Waals surface area contributed by atoms with Gasteiger partial charge in [0.15, 0.2) is 0 Å². The van der Waals surface area contributed by atoms with Gasteiger partial charge in [-0.15, -0.1) is 0 Å². The van der Waals surface area contributed by atoms with E-state index < -0.39 is 0 Å². The molecule has 0 bridgehead atoms. The van der Waals surface area contributed by atoms with Gasteiger partial charge in [-0.25, -0.2) is 0 Å². The van der Waals surface area contributed by atoms with Crippen molar-refractivity contribution in [3.8, 4) is 5.75 Å². The molecule has 0 N–H and O–H groups in total. The summed E-state index contributed by atoms with van der Waals surface area (Å²) in [5, 5.41) is 0. The average molecular weight is 220 g/mol. The van der Waals surface area contributed by atoms with E-state index >= 15 is 0 Å². The van der Waals surface area contributed by atoms with E-state index in [-0.39, 0.29) is 5.41 Å². The molecular weight excluding hydrogens is 196 g/mol. The monoisotopic (exact) mass is 220 g/mol. The molecular formula is C15H24O. The van der Waals surface area contributed by atoms with E-state index in [1.165, 1.54) is 16.7 Å². The van der Waals surface area contributed by atoms with Gasteiger partial charge in [0.05, 0.1) is 7.11 Å². The summed E-state index contributed by atoms with van der Waals surface area (Å²) < 4.78 is 5.59. The lowest BCUT2D eigenvalue weighted by molar-refractivity contribution is 0.392. The molecule has 0 spiro atoms. The summed E-state index contributed by atoms with van der Waals surface area (Å²) in [6, 6.07) is 4.56. The molecule has 0 fully saturated rings. The number of hydrogen-bond donors (Lipinski definition) is 0. The van der Waals surface area contributed by atoms with Gasteiger partial charge in [-0.2, -0.15) is 0 Å². The van der Waals surface area contributed by atoms with Crippen molar-refractivity contribution in [2.45, 2.75) is 52.9 Å². The van der Waals surface area contributed by atoms with Gasteiger partial charge in [0.25, 0.3) is 0 Å². The minimum Gasteiger partial charge on any atom is -0.496 e. The van der Waals surface area contributed by atoms with Crippen molar-refractivity contribution in [1.82, 2.24) is 0 Å². The van der Waals surface area contributed by atoms with Crippen LogP contribution in [0.25, 0.3) is 0 Å². The Labute approximate surface area is 99.8 Å². The quantitative estimate of drug-likeness (QED) is 0.744. The topological polar surface area (TPSA) is 9.23 Å². The lowest BCUT2D eigenvalue weighted by atomic mass is 9.83. The Kier molecular flexibility index (Phi) is 4.01. The number of aryl methyl sites for hydroxylation is 2. The first kappa shape index (κ1) is 13.1. The second kappa shape index (κ2) is 4.90. The fourth-order valence-electron chi connectivity index (χ4n) is 2.02. The van der Waals surface area contributed by atoms with Gasteiger partial charge in [0, 0.05) is 5.56 Å². The molecule has 1 heteroatoms. The Morgan fingerprint density at radius 1 is 1.06 bits per heavy atom. The Hall–Kier alpha value is -0.980.